The van der Waals surface area contributed by atoms with E-state index >= 15 is 0 Å². The lowest BCUT2D eigenvalue weighted by atomic mass is 9.95. The third kappa shape index (κ3) is 3.96. The lowest BCUT2D eigenvalue weighted by molar-refractivity contribution is 0.108. The highest BCUT2D eigenvalue weighted by atomic mass is 16.5. The van der Waals surface area contributed by atoms with Gasteiger partial charge in [-0.05, 0) is 63.1 Å². The van der Waals surface area contributed by atoms with Crippen LogP contribution in [0.5, 0.6) is 23.5 Å². The van der Waals surface area contributed by atoms with E-state index < -0.39 is 0 Å². The molecule has 4 aromatic rings. The van der Waals surface area contributed by atoms with Crippen molar-refractivity contribution in [1.29, 1.82) is 0 Å². The van der Waals surface area contributed by atoms with Crippen molar-refractivity contribution in [2.45, 2.75) is 56.1 Å². The van der Waals surface area contributed by atoms with Gasteiger partial charge in [0.25, 0.3) is 0 Å². The number of ether oxygens (including phenoxy) is 2. The number of nitrogens with zero attached hydrogens (tertiary/aromatic N) is 6. The number of fused-ring (bicyclic) bond motifs is 5. The van der Waals surface area contributed by atoms with E-state index in [-0.39, 0.29) is 11.3 Å². The van der Waals surface area contributed by atoms with Crippen molar-refractivity contribution in [3.63, 3.8) is 0 Å². The highest BCUT2D eigenvalue weighted by molar-refractivity contribution is 5.90. The number of nitrogens with one attached hydrogen (secondary N) is 1. The Balaban J connectivity index is 1.19. The first-order chi connectivity index (χ1) is 19.5. The normalized spacial score (nSPS) is 23.8. The van der Waals surface area contributed by atoms with Crippen molar-refractivity contribution in [2.24, 2.45) is 7.05 Å². The van der Waals surface area contributed by atoms with Gasteiger partial charge in [-0.15, -0.1) is 0 Å². The minimum absolute atomic E-state index is 0.115. The van der Waals surface area contributed by atoms with Crippen molar-refractivity contribution in [3.8, 4) is 23.5 Å². The molecule has 10 nitrogen and oxygen atoms in total. The molecule has 2 N–H and O–H groups in total. The predicted molar refractivity (Wildman–Crippen MR) is 152 cm³/mol. The third-order valence-electron chi connectivity index (χ3n) is 9.45. The lowest BCUT2D eigenvalue weighted by Gasteiger charge is -2.34. The molecule has 0 radical (unpaired) electrons. The number of aromatic nitrogens is 4. The fourth-order valence-corrected chi connectivity index (χ4v) is 7.46. The van der Waals surface area contributed by atoms with E-state index in [1.807, 2.05) is 35.9 Å². The van der Waals surface area contributed by atoms with Crippen LogP contribution in [0.15, 0.2) is 36.4 Å². The number of piperazine rings is 1. The molecular formula is C30H35N7O3. The highest BCUT2D eigenvalue weighted by Crippen LogP contribution is 2.40. The molecule has 4 aliphatic heterocycles. The monoisotopic (exact) mass is 541 g/mol. The number of hydrogen-bond donors (Lipinski definition) is 2. The van der Waals surface area contributed by atoms with Gasteiger partial charge in [-0.1, -0.05) is 24.3 Å². The molecule has 40 heavy (non-hydrogen) atoms. The molecule has 0 spiro atoms. The van der Waals surface area contributed by atoms with Crippen LogP contribution in [-0.4, -0.2) is 79.9 Å². The summed E-state index contributed by atoms with van der Waals surface area (Å²) in [6.45, 7) is 4.68. The van der Waals surface area contributed by atoms with E-state index in [0.717, 1.165) is 42.8 Å². The van der Waals surface area contributed by atoms with Gasteiger partial charge in [0.2, 0.25) is 0 Å². The van der Waals surface area contributed by atoms with Gasteiger partial charge in [0.05, 0.1) is 5.54 Å². The van der Waals surface area contributed by atoms with Crippen LogP contribution in [0, 0.1) is 0 Å². The molecule has 10 heteroatoms. The molecular weight excluding hydrogens is 506 g/mol. The number of aromatic hydroxyl groups is 1. The summed E-state index contributed by atoms with van der Waals surface area (Å²) in [6, 6.07) is 12.9. The Labute approximate surface area is 232 Å². The van der Waals surface area contributed by atoms with Crippen LogP contribution in [0.2, 0.25) is 0 Å². The molecule has 4 saturated heterocycles. The Morgan fingerprint density at radius 1 is 1.02 bits per heavy atom. The molecule has 2 unspecified atom stereocenters. The minimum atomic E-state index is 0.115. The zero-order valence-corrected chi connectivity index (χ0v) is 22.8. The molecule has 8 rings (SSSR count). The smallest absolute Gasteiger partial charge is 0.320 e. The summed E-state index contributed by atoms with van der Waals surface area (Å²) in [4.78, 5) is 19.7. The van der Waals surface area contributed by atoms with Gasteiger partial charge in [-0.3, -0.25) is 9.47 Å². The highest BCUT2D eigenvalue weighted by Gasteiger charge is 2.45. The average Bonchev–Trinajstić information content (AvgIpc) is 3.70. The second kappa shape index (κ2) is 9.21. The molecule has 2 aromatic heterocycles. The molecule has 0 amide bonds. The minimum Gasteiger partial charge on any atom is -0.508 e. The van der Waals surface area contributed by atoms with Gasteiger partial charge in [0.1, 0.15) is 18.1 Å². The maximum Gasteiger partial charge on any atom is 0.320 e. The van der Waals surface area contributed by atoms with Crippen LogP contribution in [0.3, 0.4) is 0 Å². The number of phenolic OH excluding ortho intramolecular Hbond substituents is 1. The summed E-state index contributed by atoms with van der Waals surface area (Å²) in [7, 11) is 1.91. The maximum atomic E-state index is 10.4. The first kappa shape index (κ1) is 24.2. The van der Waals surface area contributed by atoms with Crippen LogP contribution >= 0.6 is 0 Å². The largest absolute Gasteiger partial charge is 0.508 e. The third-order valence-corrected chi connectivity index (χ3v) is 9.45. The molecule has 208 valence electrons. The average molecular weight is 542 g/mol. The fourth-order valence-electron chi connectivity index (χ4n) is 7.46. The van der Waals surface area contributed by atoms with Gasteiger partial charge in [-0.25, -0.2) is 0 Å². The summed E-state index contributed by atoms with van der Waals surface area (Å²) in [5, 5.41) is 15.9. The standard InChI is InChI=1S/C30H35N7O3/c1-35-26-25(32-29(35)40-24-15-22(38)14-19-6-2-3-7-23(19)24)27(36-16-20-8-9-21(17-36)31-20)34-28(33-26)39-18-30-10-4-12-37(30)13-5-11-30/h2-3,6-7,14-15,20-21,31,38H,4-5,8-13,16-18H2,1H3. The number of hydrogen-bond acceptors (Lipinski definition) is 9. The van der Waals surface area contributed by atoms with Crippen molar-refractivity contribution in [2.75, 3.05) is 37.7 Å². The quantitative estimate of drug-likeness (QED) is 0.376. The Kier molecular flexibility index (Phi) is 5.57. The van der Waals surface area contributed by atoms with Crippen LogP contribution in [0.4, 0.5) is 5.82 Å². The fraction of sp³-hybridized carbons (Fsp3) is 0.500. The lowest BCUT2D eigenvalue weighted by Crippen LogP contribution is -2.51. The van der Waals surface area contributed by atoms with Gasteiger partial charge >= 0.3 is 12.0 Å². The van der Waals surface area contributed by atoms with Gasteiger partial charge in [0.15, 0.2) is 17.0 Å². The van der Waals surface area contributed by atoms with Crippen LogP contribution in [-0.2, 0) is 7.05 Å². The van der Waals surface area contributed by atoms with Crippen LogP contribution in [0.1, 0.15) is 38.5 Å². The Morgan fingerprint density at radius 3 is 2.60 bits per heavy atom. The van der Waals surface area contributed by atoms with Crippen molar-refractivity contribution in [1.82, 2.24) is 29.7 Å². The van der Waals surface area contributed by atoms with E-state index in [4.69, 9.17) is 24.4 Å². The van der Waals surface area contributed by atoms with Crippen LogP contribution < -0.4 is 19.7 Å². The second-order valence-electron chi connectivity index (χ2n) is 12.0. The predicted octanol–water partition coefficient (Wildman–Crippen LogP) is 3.96. The molecule has 2 aromatic carbocycles. The summed E-state index contributed by atoms with van der Waals surface area (Å²) in [6.07, 6.45) is 7.15. The molecule has 0 saturated carbocycles. The number of benzene rings is 2. The maximum absolute atomic E-state index is 10.4. The first-order valence-corrected chi connectivity index (χ1v) is 14.6. The number of anilines is 1. The molecule has 2 atom stereocenters. The summed E-state index contributed by atoms with van der Waals surface area (Å²) in [5.41, 5.74) is 1.50. The zero-order valence-electron chi connectivity index (χ0n) is 22.8. The Morgan fingerprint density at radius 2 is 1.80 bits per heavy atom. The van der Waals surface area contributed by atoms with E-state index in [1.165, 1.54) is 38.5 Å². The molecule has 4 aliphatic rings. The van der Waals surface area contributed by atoms with Crippen molar-refractivity contribution < 1.29 is 14.6 Å². The van der Waals surface area contributed by atoms with E-state index in [0.29, 0.717) is 47.6 Å². The second-order valence-corrected chi connectivity index (χ2v) is 12.0. The summed E-state index contributed by atoms with van der Waals surface area (Å²) >= 11 is 0. The molecule has 4 fully saturated rings. The van der Waals surface area contributed by atoms with Crippen LogP contribution in [0.25, 0.3) is 21.9 Å². The number of rotatable bonds is 6. The van der Waals surface area contributed by atoms with Gasteiger partial charge in [0, 0.05) is 43.7 Å². The summed E-state index contributed by atoms with van der Waals surface area (Å²) in [5.74, 6) is 1.49. The van der Waals surface area contributed by atoms with E-state index in [9.17, 15) is 5.11 Å². The van der Waals surface area contributed by atoms with E-state index in [1.54, 1.807) is 12.1 Å². The van der Waals surface area contributed by atoms with E-state index in [2.05, 4.69) is 15.1 Å². The molecule has 6 heterocycles. The molecule has 2 bridgehead atoms. The topological polar surface area (TPSA) is 101 Å². The SMILES string of the molecule is Cn1c(Oc2cc(O)cc3ccccc23)nc2c(N3CC4CCC(C3)N4)nc(OCC34CCCN3CCC4)nc21. The Bertz CT molecular complexity index is 1580. The van der Waals surface area contributed by atoms with Gasteiger partial charge in [-0.2, -0.15) is 15.0 Å². The molecule has 0 aliphatic carbocycles. The van der Waals surface area contributed by atoms with Crippen molar-refractivity contribution >= 4 is 27.8 Å². The number of phenols is 1. The first-order valence-electron chi connectivity index (χ1n) is 14.6. The van der Waals surface area contributed by atoms with Crippen molar-refractivity contribution in [3.05, 3.63) is 36.4 Å². The van der Waals surface area contributed by atoms with Gasteiger partial charge < -0.3 is 24.8 Å². The number of imidazole rings is 1. The Hall–Kier alpha value is -3.63. The zero-order chi connectivity index (χ0) is 26.8. The summed E-state index contributed by atoms with van der Waals surface area (Å²) < 4.78 is 14.7. The number of aryl methyl sites for hydroxylation is 1.